The van der Waals surface area contributed by atoms with Crippen molar-refractivity contribution >= 4 is 11.9 Å². The first-order valence-electron chi connectivity index (χ1n) is 7.87. The van der Waals surface area contributed by atoms with Gasteiger partial charge in [-0.3, -0.25) is 4.79 Å². The Bertz CT molecular complexity index is 652. The third kappa shape index (κ3) is 2.14. The predicted octanol–water partition coefficient (Wildman–Crippen LogP) is 3.08. The number of hydrogen-bond donors (Lipinski definition) is 0. The van der Waals surface area contributed by atoms with Gasteiger partial charge >= 0.3 is 6.09 Å². The molecule has 1 heterocycles. The number of amides is 1. The van der Waals surface area contributed by atoms with Gasteiger partial charge in [0.1, 0.15) is 6.61 Å². The third-order valence-corrected chi connectivity index (χ3v) is 5.32. The number of carbonyl (C=O) groups is 2. The molecule has 0 unspecified atom stereocenters. The molecule has 1 spiro atoms. The van der Waals surface area contributed by atoms with Crippen molar-refractivity contribution in [3.63, 3.8) is 0 Å². The molecule has 2 aliphatic carbocycles. The molecule has 3 aliphatic rings. The number of likely N-dealkylation sites (tertiary alicyclic amines) is 1. The van der Waals surface area contributed by atoms with Crippen LogP contribution in [0.1, 0.15) is 31.2 Å². The van der Waals surface area contributed by atoms with E-state index in [0.29, 0.717) is 19.6 Å². The van der Waals surface area contributed by atoms with Gasteiger partial charge in [-0.15, -0.1) is 0 Å². The standard InChI is InChI=1S/C18H19NO3/c20-16-9-14-8-15-10-18(14,11-16)6-7-19(15)17(21)22-12-13-4-2-1-3-5-13/h1-5,9,15H,6-8,10-12H2/t15-,18-/m0/s1. The minimum absolute atomic E-state index is 0.0674. The zero-order valence-electron chi connectivity index (χ0n) is 12.5. The molecule has 1 amide bonds. The van der Waals surface area contributed by atoms with Crippen LogP contribution in [0.5, 0.6) is 0 Å². The molecular weight excluding hydrogens is 278 g/mol. The van der Waals surface area contributed by atoms with E-state index in [9.17, 15) is 9.59 Å². The average Bonchev–Trinajstić information content (AvgIpc) is 2.94. The Morgan fingerprint density at radius 1 is 1.32 bits per heavy atom. The van der Waals surface area contributed by atoms with Gasteiger partial charge in [-0.1, -0.05) is 35.9 Å². The number of nitrogens with zero attached hydrogens (tertiary/aromatic N) is 1. The molecule has 1 saturated heterocycles. The summed E-state index contributed by atoms with van der Waals surface area (Å²) in [5.41, 5.74) is 2.33. The van der Waals surface area contributed by atoms with E-state index in [4.69, 9.17) is 4.74 Å². The lowest BCUT2D eigenvalue weighted by molar-refractivity contribution is -0.115. The molecule has 2 fully saturated rings. The Morgan fingerprint density at radius 2 is 2.14 bits per heavy atom. The summed E-state index contributed by atoms with van der Waals surface area (Å²) in [7, 11) is 0. The zero-order valence-corrected chi connectivity index (χ0v) is 12.5. The number of rotatable bonds is 2. The first kappa shape index (κ1) is 13.6. The highest BCUT2D eigenvalue weighted by atomic mass is 16.6. The van der Waals surface area contributed by atoms with Crippen LogP contribution in [0.4, 0.5) is 4.79 Å². The van der Waals surface area contributed by atoms with E-state index in [1.54, 1.807) is 0 Å². The van der Waals surface area contributed by atoms with E-state index >= 15 is 0 Å². The predicted molar refractivity (Wildman–Crippen MR) is 81.1 cm³/mol. The Kier molecular flexibility index (Phi) is 3.06. The molecule has 0 radical (unpaired) electrons. The monoisotopic (exact) mass is 297 g/mol. The maximum atomic E-state index is 12.4. The molecule has 4 heteroatoms. The summed E-state index contributed by atoms with van der Waals surface area (Å²) in [6.07, 6.45) is 4.89. The Hall–Kier alpha value is -2.10. The van der Waals surface area contributed by atoms with Crippen molar-refractivity contribution in [2.45, 2.75) is 38.3 Å². The summed E-state index contributed by atoms with van der Waals surface area (Å²) in [6.45, 7) is 1.01. The SMILES string of the molecule is O=C1C=C2C[C@H]3C[C@@]2(CCN3C(=O)OCc2ccccc2)C1. The van der Waals surface area contributed by atoms with E-state index in [0.717, 1.165) is 24.8 Å². The second-order valence-electron chi connectivity index (χ2n) is 6.64. The molecule has 1 aliphatic heterocycles. The van der Waals surface area contributed by atoms with Crippen molar-refractivity contribution in [3.8, 4) is 0 Å². The number of allylic oxidation sites excluding steroid dienone is 1. The van der Waals surface area contributed by atoms with E-state index < -0.39 is 0 Å². The van der Waals surface area contributed by atoms with Crippen molar-refractivity contribution in [1.82, 2.24) is 4.90 Å². The lowest BCUT2D eigenvalue weighted by atomic mass is 9.78. The lowest BCUT2D eigenvalue weighted by Gasteiger charge is -2.37. The van der Waals surface area contributed by atoms with Gasteiger partial charge < -0.3 is 9.64 Å². The minimum Gasteiger partial charge on any atom is -0.445 e. The Balaban J connectivity index is 1.41. The van der Waals surface area contributed by atoms with Crippen LogP contribution in [0.3, 0.4) is 0 Å². The molecule has 0 aromatic heterocycles. The van der Waals surface area contributed by atoms with Crippen LogP contribution in [0.15, 0.2) is 42.0 Å². The second-order valence-corrected chi connectivity index (χ2v) is 6.64. The van der Waals surface area contributed by atoms with Gasteiger partial charge in [0.15, 0.2) is 5.78 Å². The normalized spacial score (nSPS) is 29.3. The topological polar surface area (TPSA) is 46.6 Å². The first-order valence-corrected chi connectivity index (χ1v) is 7.87. The molecule has 4 nitrogen and oxygen atoms in total. The van der Waals surface area contributed by atoms with Gasteiger partial charge in [0.2, 0.25) is 0 Å². The average molecular weight is 297 g/mol. The summed E-state index contributed by atoms with van der Waals surface area (Å²) in [5.74, 6) is 0.258. The minimum atomic E-state index is -0.226. The number of carbonyl (C=O) groups excluding carboxylic acids is 2. The van der Waals surface area contributed by atoms with Gasteiger partial charge in [0.05, 0.1) is 0 Å². The molecule has 2 bridgehead atoms. The number of hydrogen-bond acceptors (Lipinski definition) is 3. The first-order chi connectivity index (χ1) is 10.7. The highest BCUT2D eigenvalue weighted by Gasteiger charge is 2.53. The third-order valence-electron chi connectivity index (χ3n) is 5.32. The number of fused-ring (bicyclic) bond motifs is 1. The number of benzene rings is 1. The number of ketones is 1. The highest BCUT2D eigenvalue weighted by Crippen LogP contribution is 2.55. The highest BCUT2D eigenvalue weighted by molar-refractivity contribution is 5.95. The molecule has 22 heavy (non-hydrogen) atoms. The van der Waals surface area contributed by atoms with Crippen molar-refractivity contribution in [2.75, 3.05) is 6.54 Å². The molecule has 1 saturated carbocycles. The lowest BCUT2D eigenvalue weighted by Crippen LogP contribution is -2.45. The maximum Gasteiger partial charge on any atom is 0.410 e. The maximum absolute atomic E-state index is 12.4. The van der Waals surface area contributed by atoms with Crippen LogP contribution in [0.25, 0.3) is 0 Å². The van der Waals surface area contributed by atoms with Crippen LogP contribution in [-0.2, 0) is 16.1 Å². The Labute approximate surface area is 129 Å². The molecule has 4 rings (SSSR count). The zero-order chi connectivity index (χ0) is 15.2. The van der Waals surface area contributed by atoms with Crippen LogP contribution < -0.4 is 0 Å². The largest absolute Gasteiger partial charge is 0.445 e. The van der Waals surface area contributed by atoms with Crippen molar-refractivity contribution in [2.24, 2.45) is 5.41 Å². The smallest absolute Gasteiger partial charge is 0.410 e. The van der Waals surface area contributed by atoms with E-state index in [1.165, 1.54) is 5.57 Å². The van der Waals surface area contributed by atoms with Crippen LogP contribution in [0.2, 0.25) is 0 Å². The summed E-state index contributed by atoms with van der Waals surface area (Å²) in [6, 6.07) is 9.94. The van der Waals surface area contributed by atoms with Crippen LogP contribution >= 0.6 is 0 Å². The van der Waals surface area contributed by atoms with Gasteiger partial charge in [-0.05, 0) is 30.9 Å². The molecule has 2 atom stereocenters. The second kappa shape index (κ2) is 4.97. The number of ether oxygens (including phenoxy) is 1. The summed E-state index contributed by atoms with van der Waals surface area (Å²) in [5, 5.41) is 0. The quantitative estimate of drug-likeness (QED) is 0.843. The van der Waals surface area contributed by atoms with Crippen LogP contribution in [0, 0.1) is 5.41 Å². The summed E-state index contributed by atoms with van der Waals surface area (Å²) < 4.78 is 5.46. The van der Waals surface area contributed by atoms with Crippen molar-refractivity contribution in [3.05, 3.63) is 47.5 Å². The van der Waals surface area contributed by atoms with Crippen molar-refractivity contribution < 1.29 is 14.3 Å². The number of piperidine rings is 1. The summed E-state index contributed by atoms with van der Waals surface area (Å²) >= 11 is 0. The van der Waals surface area contributed by atoms with Gasteiger partial charge in [-0.25, -0.2) is 4.79 Å². The van der Waals surface area contributed by atoms with Gasteiger partial charge in [-0.2, -0.15) is 0 Å². The fraction of sp³-hybridized carbons (Fsp3) is 0.444. The molecule has 114 valence electrons. The molecular formula is C18H19NO3. The van der Waals surface area contributed by atoms with Gasteiger partial charge in [0, 0.05) is 24.4 Å². The van der Waals surface area contributed by atoms with Gasteiger partial charge in [0.25, 0.3) is 0 Å². The fourth-order valence-electron chi connectivity index (χ4n) is 4.23. The summed E-state index contributed by atoms with van der Waals surface area (Å²) in [4.78, 5) is 25.9. The van der Waals surface area contributed by atoms with E-state index in [2.05, 4.69) is 0 Å². The van der Waals surface area contributed by atoms with E-state index in [-0.39, 0.29) is 23.3 Å². The molecule has 1 aromatic carbocycles. The fourth-order valence-corrected chi connectivity index (χ4v) is 4.23. The van der Waals surface area contributed by atoms with Crippen molar-refractivity contribution in [1.29, 1.82) is 0 Å². The molecule has 0 N–H and O–H groups in total. The Morgan fingerprint density at radius 3 is 2.95 bits per heavy atom. The van der Waals surface area contributed by atoms with E-state index in [1.807, 2.05) is 41.3 Å². The molecule has 1 aromatic rings. The van der Waals surface area contributed by atoms with Crippen LogP contribution in [-0.4, -0.2) is 29.4 Å².